The van der Waals surface area contributed by atoms with Gasteiger partial charge in [0, 0.05) is 6.16 Å². The van der Waals surface area contributed by atoms with Crippen LogP contribution in [0.25, 0.3) is 0 Å². The van der Waals surface area contributed by atoms with E-state index in [4.69, 9.17) is 0 Å². The Balaban J connectivity index is 0. The van der Waals surface area contributed by atoms with Gasteiger partial charge in [0.15, 0.2) is 0 Å². The number of unbranched alkanes of at least 4 members (excludes halogenated alkanes) is 2. The van der Waals surface area contributed by atoms with Gasteiger partial charge in [0.2, 0.25) is 0 Å². The van der Waals surface area contributed by atoms with Crippen LogP contribution in [0.1, 0.15) is 26.2 Å². The second-order valence-corrected chi connectivity index (χ2v) is 3.71. The van der Waals surface area contributed by atoms with Gasteiger partial charge in [-0.1, -0.05) is 19.8 Å². The molecule has 3 nitrogen and oxygen atoms in total. The summed E-state index contributed by atoms with van der Waals surface area (Å²) in [6.07, 6.45) is 2.11. The van der Waals surface area contributed by atoms with Gasteiger partial charge in [-0.3, -0.25) is 0 Å². The molecule has 5 heteroatoms. The Labute approximate surface area is 78.2 Å². The largest absolute Gasteiger partial charge is 2.00 e. The second kappa shape index (κ2) is 6.77. The maximum absolute atomic E-state index is 9.98. The number of hydrogen-bond acceptors (Lipinski definition) is 3. The molecule has 0 amide bonds. The predicted octanol–water partition coefficient (Wildman–Crippen LogP) is -1.36. The van der Waals surface area contributed by atoms with Crippen molar-refractivity contribution in [1.82, 2.24) is 0 Å². The zero-order valence-corrected chi connectivity index (χ0v) is 8.52. The third kappa shape index (κ3) is 11.8. The molecule has 0 aromatic heterocycles. The summed E-state index contributed by atoms with van der Waals surface area (Å²) in [5, 5.41) is 0. The van der Waals surface area contributed by atoms with Crippen LogP contribution in [0.3, 0.4) is 0 Å². The summed E-state index contributed by atoms with van der Waals surface area (Å²) >= 11 is 0. The van der Waals surface area contributed by atoms with E-state index in [1.807, 2.05) is 6.92 Å². The Kier molecular flexibility index (Phi) is 9.24. The van der Waals surface area contributed by atoms with Crippen molar-refractivity contribution in [2.75, 3.05) is 6.16 Å². The molecule has 0 rings (SSSR count). The molecule has 0 aliphatic heterocycles. The van der Waals surface area contributed by atoms with Crippen molar-refractivity contribution in [1.29, 1.82) is 0 Å². The molecule has 0 atom stereocenters. The van der Waals surface area contributed by atoms with Gasteiger partial charge in [0.1, 0.15) is 0 Å². The van der Waals surface area contributed by atoms with E-state index in [1.54, 1.807) is 0 Å². The first-order valence-electron chi connectivity index (χ1n) is 3.07. The fraction of sp³-hybridized carbons (Fsp3) is 1.00. The van der Waals surface area contributed by atoms with E-state index >= 15 is 0 Å². The summed E-state index contributed by atoms with van der Waals surface area (Å²) in [7, 11) is -4.20. The van der Waals surface area contributed by atoms with Crippen LogP contribution in [0, 0.1) is 0 Å². The van der Waals surface area contributed by atoms with E-state index < -0.39 is 7.94 Å². The minimum Gasteiger partial charge on any atom is -0.688 e. The van der Waals surface area contributed by atoms with Crippen molar-refractivity contribution in [3.63, 3.8) is 0 Å². The Morgan fingerprint density at radius 2 is 1.60 bits per heavy atom. The molecule has 0 saturated heterocycles. The first-order chi connectivity index (χ1) is 4.06. The van der Waals surface area contributed by atoms with E-state index in [2.05, 4.69) is 0 Å². The first-order valence-corrected chi connectivity index (χ1v) is 4.80. The smallest absolute Gasteiger partial charge is 0.688 e. The Bertz CT molecular complexity index is 73.8. The van der Waals surface area contributed by atoms with Gasteiger partial charge in [-0.05, 0) is 6.42 Å². The fourth-order valence-corrected chi connectivity index (χ4v) is 1.17. The summed E-state index contributed by atoms with van der Waals surface area (Å²) in [4.78, 5) is 29.9. The van der Waals surface area contributed by atoms with E-state index in [-0.39, 0.29) is 29.2 Å². The Morgan fingerprint density at radius 3 is 1.90 bits per heavy atom. The van der Waals surface area contributed by atoms with Gasteiger partial charge in [0.05, 0.1) is 0 Å². The van der Waals surface area contributed by atoms with Crippen LogP contribution >= 0.6 is 7.94 Å². The van der Waals surface area contributed by atoms with Gasteiger partial charge in [-0.25, -0.2) is 0 Å². The molecule has 0 unspecified atom stereocenters. The minimum absolute atomic E-state index is 0. The van der Waals surface area contributed by atoms with Crippen molar-refractivity contribution in [2.45, 2.75) is 26.2 Å². The topological polar surface area (TPSA) is 69.2 Å². The molecule has 0 radical (unpaired) electrons. The van der Waals surface area contributed by atoms with Crippen LogP contribution in [0.5, 0.6) is 0 Å². The predicted molar refractivity (Wildman–Crippen MR) is 37.1 cm³/mol. The van der Waals surface area contributed by atoms with Crippen molar-refractivity contribution < 1.29 is 14.7 Å². The zero-order chi connectivity index (χ0) is 7.33. The average Bonchev–Trinajstić information content (AvgIpc) is 1.63. The molecule has 0 aromatic rings. The van der Waals surface area contributed by atoms with Crippen LogP contribution in [-0.2, 0) is 0 Å². The number of rotatable bonds is 4. The van der Waals surface area contributed by atoms with Crippen molar-refractivity contribution in [2.24, 2.45) is 0 Å². The zero-order valence-electron chi connectivity index (χ0n) is 6.21. The normalized spacial score (nSPS) is 10.8. The second-order valence-electron chi connectivity index (χ2n) is 2.04. The maximum atomic E-state index is 9.98. The van der Waals surface area contributed by atoms with Gasteiger partial charge in [0.25, 0.3) is 0 Å². The van der Waals surface area contributed by atoms with E-state index in [1.165, 1.54) is 0 Å². The summed E-state index contributed by atoms with van der Waals surface area (Å²) in [6.45, 7) is 1.96. The molecule has 56 valence electrons. The standard InChI is InChI=1S/C5H13O3P.Mg/c1-2-3-4-5-9(6,7)8;/h2-5H2,1H3,(H2,6,7,8);/q;+2/p-2. The van der Waals surface area contributed by atoms with E-state index in [9.17, 15) is 14.7 Å². The van der Waals surface area contributed by atoms with Gasteiger partial charge in [-0.2, -0.15) is 7.94 Å². The SMILES string of the molecule is CCCCC[P+]([O-])([O-])[O-].[Mg+2]. The summed E-state index contributed by atoms with van der Waals surface area (Å²) in [5.74, 6) is 0. The van der Waals surface area contributed by atoms with Crippen LogP contribution in [-0.4, -0.2) is 29.2 Å². The number of hydrogen-bond donors (Lipinski definition) is 0. The summed E-state index contributed by atoms with van der Waals surface area (Å²) in [6, 6.07) is 0. The van der Waals surface area contributed by atoms with Crippen molar-refractivity contribution in [3.8, 4) is 0 Å². The van der Waals surface area contributed by atoms with Gasteiger partial charge in [-0.15, -0.1) is 0 Å². The third-order valence-electron chi connectivity index (χ3n) is 1.04. The summed E-state index contributed by atoms with van der Waals surface area (Å²) < 4.78 is 0. The molecule has 0 spiro atoms. The van der Waals surface area contributed by atoms with Crippen LogP contribution < -0.4 is 14.7 Å². The average molecular weight is 174 g/mol. The molecule has 0 fully saturated rings. The van der Waals surface area contributed by atoms with Crippen LogP contribution in [0.2, 0.25) is 0 Å². The summed E-state index contributed by atoms with van der Waals surface area (Å²) in [5.41, 5.74) is 0. The molecule has 0 aliphatic carbocycles. The molecular weight excluding hydrogens is 163 g/mol. The molecule has 10 heavy (non-hydrogen) atoms. The molecule has 0 bridgehead atoms. The first kappa shape index (κ1) is 13.7. The molecular formula is C5H11MgO3P. The molecule has 0 N–H and O–H groups in total. The molecule has 0 heterocycles. The maximum Gasteiger partial charge on any atom is 2.00 e. The Morgan fingerprint density at radius 1 is 1.10 bits per heavy atom. The molecule has 0 aromatic carbocycles. The van der Waals surface area contributed by atoms with E-state index in [0.29, 0.717) is 6.42 Å². The van der Waals surface area contributed by atoms with Crippen LogP contribution in [0.4, 0.5) is 0 Å². The van der Waals surface area contributed by atoms with E-state index in [0.717, 1.165) is 12.8 Å². The van der Waals surface area contributed by atoms with Gasteiger partial charge < -0.3 is 14.7 Å². The fourth-order valence-electron chi connectivity index (χ4n) is 0.555. The third-order valence-corrected chi connectivity index (χ3v) is 1.90. The van der Waals surface area contributed by atoms with Crippen molar-refractivity contribution >= 4 is 31.0 Å². The Hall–Kier alpha value is 1.08. The van der Waals surface area contributed by atoms with Crippen molar-refractivity contribution in [3.05, 3.63) is 0 Å². The molecule has 0 saturated carbocycles. The monoisotopic (exact) mass is 174 g/mol. The quantitative estimate of drug-likeness (QED) is 0.300. The van der Waals surface area contributed by atoms with Crippen LogP contribution in [0.15, 0.2) is 0 Å². The molecule has 0 aliphatic rings. The van der Waals surface area contributed by atoms with Gasteiger partial charge >= 0.3 is 23.1 Å². The minimum atomic E-state index is -4.20.